The lowest BCUT2D eigenvalue weighted by Crippen LogP contribution is -2.37. The topological polar surface area (TPSA) is 131 Å². The number of aromatic nitrogens is 4. The number of anilines is 3. The predicted molar refractivity (Wildman–Crippen MR) is 131 cm³/mol. The van der Waals surface area contributed by atoms with Crippen LogP contribution in [0.5, 0.6) is 0 Å². The molecule has 3 heterocycles. The van der Waals surface area contributed by atoms with E-state index in [4.69, 9.17) is 5.73 Å². The first-order chi connectivity index (χ1) is 17.0. The minimum Gasteiger partial charge on any atom is -0.376 e. The molecular formula is C24H25FN8O2. The summed E-state index contributed by atoms with van der Waals surface area (Å²) in [5.74, 6) is -1.43. The largest absolute Gasteiger partial charge is 0.376 e. The van der Waals surface area contributed by atoms with E-state index in [-0.39, 0.29) is 29.2 Å². The Hall–Kier alpha value is -4.25. The number of imidazole rings is 1. The second kappa shape index (κ2) is 9.55. The van der Waals surface area contributed by atoms with Gasteiger partial charge in [-0.15, -0.1) is 0 Å². The monoisotopic (exact) mass is 476 g/mol. The number of carbonyl (C=O) groups is 1. The summed E-state index contributed by atoms with van der Waals surface area (Å²) in [7, 11) is 0. The maximum Gasteiger partial charge on any atom is 0.297 e. The van der Waals surface area contributed by atoms with Crippen molar-refractivity contribution in [1.82, 2.24) is 19.3 Å². The molecule has 1 fully saturated rings. The van der Waals surface area contributed by atoms with Gasteiger partial charge in [0.15, 0.2) is 11.3 Å². The number of halogens is 1. The predicted octanol–water partition coefficient (Wildman–Crippen LogP) is 2.84. The van der Waals surface area contributed by atoms with Crippen LogP contribution in [0, 0.1) is 5.95 Å². The van der Waals surface area contributed by atoms with Crippen LogP contribution in [-0.4, -0.2) is 37.3 Å². The van der Waals surface area contributed by atoms with Gasteiger partial charge in [-0.1, -0.05) is 18.2 Å². The third-order valence-electron chi connectivity index (χ3n) is 6.06. The van der Waals surface area contributed by atoms with E-state index in [1.807, 2.05) is 6.07 Å². The van der Waals surface area contributed by atoms with Gasteiger partial charge in [0.2, 0.25) is 5.95 Å². The Labute approximate surface area is 199 Å². The van der Waals surface area contributed by atoms with Crippen molar-refractivity contribution in [2.24, 2.45) is 5.73 Å². The van der Waals surface area contributed by atoms with Crippen molar-refractivity contribution in [2.75, 3.05) is 16.1 Å². The normalized spacial score (nSPS) is 17.8. The number of nitrogens with one attached hydrogen (secondary N) is 3. The van der Waals surface area contributed by atoms with Crippen LogP contribution < -0.4 is 27.4 Å². The number of hydrogen-bond acceptors (Lipinski definition) is 7. The second-order valence-electron chi connectivity index (χ2n) is 8.52. The molecule has 0 bridgehead atoms. The van der Waals surface area contributed by atoms with E-state index in [1.54, 1.807) is 36.4 Å². The van der Waals surface area contributed by atoms with Gasteiger partial charge in [-0.2, -0.15) is 14.2 Å². The molecule has 10 nitrogen and oxygen atoms in total. The highest BCUT2D eigenvalue weighted by Gasteiger charge is 2.24. The van der Waals surface area contributed by atoms with Gasteiger partial charge in [-0.25, -0.2) is 9.50 Å². The Morgan fingerprint density at radius 3 is 2.63 bits per heavy atom. The minimum absolute atomic E-state index is 0.0318. The number of hydrogen-bond donors (Lipinski definition) is 4. The van der Waals surface area contributed by atoms with Gasteiger partial charge in [0.05, 0.1) is 17.6 Å². The van der Waals surface area contributed by atoms with E-state index < -0.39 is 17.4 Å². The van der Waals surface area contributed by atoms with Gasteiger partial charge >= 0.3 is 0 Å². The zero-order valence-corrected chi connectivity index (χ0v) is 18.8. The lowest BCUT2D eigenvalue weighted by Gasteiger charge is -2.28. The number of rotatable bonds is 6. The molecule has 1 amide bonds. The first kappa shape index (κ1) is 22.5. The van der Waals surface area contributed by atoms with Crippen LogP contribution >= 0.6 is 0 Å². The summed E-state index contributed by atoms with van der Waals surface area (Å²) in [5.41, 5.74) is 9.46. The van der Waals surface area contributed by atoms with Crippen molar-refractivity contribution in [3.63, 3.8) is 0 Å². The molecule has 11 heteroatoms. The third-order valence-corrected chi connectivity index (χ3v) is 6.06. The molecule has 0 aliphatic heterocycles. The Morgan fingerprint density at radius 2 is 1.86 bits per heavy atom. The number of nitrogens with two attached hydrogens (primary N) is 1. The van der Waals surface area contributed by atoms with E-state index >= 15 is 4.39 Å². The molecule has 0 atom stereocenters. The zero-order chi connectivity index (χ0) is 24.4. The number of fused-ring (bicyclic) bond motifs is 1. The van der Waals surface area contributed by atoms with Crippen LogP contribution in [0.3, 0.4) is 0 Å². The molecule has 35 heavy (non-hydrogen) atoms. The highest BCUT2D eigenvalue weighted by Crippen LogP contribution is 2.25. The third kappa shape index (κ3) is 4.71. The highest BCUT2D eigenvalue weighted by atomic mass is 19.1. The number of nitrogens with zero attached hydrogens (tertiary/aromatic N) is 4. The van der Waals surface area contributed by atoms with Crippen molar-refractivity contribution in [2.45, 2.75) is 37.8 Å². The molecule has 180 valence electrons. The number of pyridine rings is 1. The molecule has 1 aliphatic rings. The zero-order valence-electron chi connectivity index (χ0n) is 18.8. The van der Waals surface area contributed by atoms with E-state index in [2.05, 4.69) is 26.1 Å². The molecular weight excluding hydrogens is 451 g/mol. The summed E-state index contributed by atoms with van der Waals surface area (Å²) in [5, 5.41) is 10.0. The Morgan fingerprint density at radius 1 is 1.09 bits per heavy atom. The Balaban J connectivity index is 1.51. The Bertz CT molecular complexity index is 1410. The van der Waals surface area contributed by atoms with Crippen molar-refractivity contribution in [3.8, 4) is 0 Å². The average molecular weight is 477 g/mol. The molecule has 0 unspecified atom stereocenters. The quantitative estimate of drug-likeness (QED) is 0.315. The Kier molecular flexibility index (Phi) is 6.15. The first-order valence-corrected chi connectivity index (χ1v) is 11.4. The molecule has 1 aliphatic carbocycles. The number of amides is 1. The van der Waals surface area contributed by atoms with Crippen LogP contribution in [-0.2, 0) is 0 Å². The van der Waals surface area contributed by atoms with Crippen molar-refractivity contribution in [3.05, 3.63) is 82.9 Å². The van der Waals surface area contributed by atoms with Gasteiger partial charge < -0.3 is 16.4 Å². The fraction of sp³-hybridized carbons (Fsp3) is 0.250. The summed E-state index contributed by atoms with van der Waals surface area (Å²) in [6, 6.07) is 13.4. The molecule has 4 aromatic rings. The van der Waals surface area contributed by atoms with Crippen LogP contribution in [0.25, 0.3) is 5.65 Å². The van der Waals surface area contributed by atoms with Gasteiger partial charge in [-0.3, -0.25) is 15.0 Å². The van der Waals surface area contributed by atoms with Crippen LogP contribution in [0.2, 0.25) is 0 Å². The smallest absolute Gasteiger partial charge is 0.297 e. The van der Waals surface area contributed by atoms with Gasteiger partial charge in [0.1, 0.15) is 5.69 Å². The lowest BCUT2D eigenvalue weighted by atomic mass is 9.91. The fourth-order valence-corrected chi connectivity index (χ4v) is 4.20. The van der Waals surface area contributed by atoms with E-state index in [0.717, 1.165) is 36.4 Å². The summed E-state index contributed by atoms with van der Waals surface area (Å²) < 4.78 is 17.3. The van der Waals surface area contributed by atoms with Gasteiger partial charge in [0.25, 0.3) is 11.5 Å². The van der Waals surface area contributed by atoms with Gasteiger partial charge in [0, 0.05) is 24.3 Å². The summed E-state index contributed by atoms with van der Waals surface area (Å²) >= 11 is 0. The SMILES string of the molecule is NC1CCC(Nc2c(NC(=O)c3cnc4cccnn34)cc(F)n(Nc3ccccc3)c2=O)CC1. The molecule has 1 saturated carbocycles. The molecule has 0 saturated heterocycles. The standard InChI is InChI=1S/C24H25FN8O2/c25-20-13-18(30-23(34)19-14-27-21-7-4-12-28-32(19)21)22(29-16-10-8-15(26)9-11-16)24(35)33(20)31-17-5-2-1-3-6-17/h1-7,12-16,29,31H,8-11,26H2,(H,30,34). The molecule has 1 aromatic carbocycles. The molecule has 3 aromatic heterocycles. The number of benzene rings is 1. The maximum atomic E-state index is 15.1. The lowest BCUT2D eigenvalue weighted by molar-refractivity contribution is 0.102. The van der Waals surface area contributed by atoms with E-state index in [9.17, 15) is 9.59 Å². The van der Waals surface area contributed by atoms with Crippen molar-refractivity contribution >= 4 is 28.6 Å². The van der Waals surface area contributed by atoms with Crippen LogP contribution in [0.1, 0.15) is 36.2 Å². The summed E-state index contributed by atoms with van der Waals surface area (Å²) in [4.78, 5) is 30.7. The minimum atomic E-state index is -0.860. The van der Waals surface area contributed by atoms with Crippen molar-refractivity contribution < 1.29 is 9.18 Å². The average Bonchev–Trinajstić information content (AvgIpc) is 3.30. The van der Waals surface area contributed by atoms with E-state index in [0.29, 0.717) is 11.3 Å². The number of carbonyl (C=O) groups excluding carboxylic acids is 1. The molecule has 5 N–H and O–H groups in total. The first-order valence-electron chi connectivity index (χ1n) is 11.4. The number of para-hydroxylation sites is 1. The van der Waals surface area contributed by atoms with Crippen LogP contribution in [0.15, 0.2) is 65.7 Å². The molecule has 5 rings (SSSR count). The van der Waals surface area contributed by atoms with Crippen molar-refractivity contribution in [1.29, 1.82) is 0 Å². The summed E-state index contributed by atoms with van der Waals surface area (Å²) in [6.45, 7) is 0. The van der Waals surface area contributed by atoms with E-state index in [1.165, 1.54) is 16.9 Å². The fourth-order valence-electron chi connectivity index (χ4n) is 4.20. The summed E-state index contributed by atoms with van der Waals surface area (Å²) in [6.07, 6.45) is 6.04. The maximum absolute atomic E-state index is 15.1. The van der Waals surface area contributed by atoms with Gasteiger partial charge in [-0.05, 0) is 49.9 Å². The van der Waals surface area contributed by atoms with Crippen LogP contribution in [0.4, 0.5) is 21.5 Å². The molecule has 0 radical (unpaired) electrons. The molecule has 0 spiro atoms. The second-order valence-corrected chi connectivity index (χ2v) is 8.52. The highest BCUT2D eigenvalue weighted by molar-refractivity contribution is 6.05.